The fraction of sp³-hybridized carbons (Fsp3) is 0.0417. The maximum atomic E-state index is 12.6. The van der Waals surface area contributed by atoms with Crippen LogP contribution in [0.3, 0.4) is 0 Å². The molecule has 10 heteroatoms. The zero-order valence-electron chi connectivity index (χ0n) is 17.9. The average Bonchev–Trinajstić information content (AvgIpc) is 3.28. The number of carbonyl (C=O) groups is 1. The Kier molecular flexibility index (Phi) is 5.23. The number of anilines is 1. The molecule has 1 N–H and O–H groups in total. The van der Waals surface area contributed by atoms with Crippen molar-refractivity contribution < 1.29 is 9.72 Å². The van der Waals surface area contributed by atoms with E-state index in [1.54, 1.807) is 48.1 Å². The molecule has 3 aromatic heterocycles. The Bertz CT molecular complexity index is 1530. The molecule has 0 bridgehead atoms. The molecule has 0 aliphatic carbocycles. The Morgan fingerprint density at radius 3 is 2.56 bits per heavy atom. The van der Waals surface area contributed by atoms with Gasteiger partial charge in [0.1, 0.15) is 0 Å². The molecule has 0 spiro atoms. The molecule has 0 aliphatic rings. The zero-order valence-corrected chi connectivity index (χ0v) is 17.9. The molecule has 10 nitrogen and oxygen atoms in total. The highest BCUT2D eigenvalue weighted by atomic mass is 16.6. The zero-order chi connectivity index (χ0) is 23.7. The van der Waals surface area contributed by atoms with Crippen molar-refractivity contribution in [3.8, 4) is 22.6 Å². The lowest BCUT2D eigenvalue weighted by atomic mass is 10.1. The molecule has 1 amide bonds. The lowest BCUT2D eigenvalue weighted by molar-refractivity contribution is -0.385. The van der Waals surface area contributed by atoms with Crippen molar-refractivity contribution in [3.05, 3.63) is 100 Å². The molecule has 0 fully saturated rings. The summed E-state index contributed by atoms with van der Waals surface area (Å²) in [4.78, 5) is 27.3. The predicted octanol–water partition coefficient (Wildman–Crippen LogP) is 4.32. The highest BCUT2D eigenvalue weighted by Gasteiger charge is 2.15. The van der Waals surface area contributed by atoms with Crippen LogP contribution in [-0.4, -0.2) is 35.6 Å². The Morgan fingerprint density at radius 1 is 1.00 bits per heavy atom. The summed E-state index contributed by atoms with van der Waals surface area (Å²) in [6.45, 7) is 1.63. The van der Waals surface area contributed by atoms with Crippen LogP contribution in [0.2, 0.25) is 0 Å². The van der Waals surface area contributed by atoms with E-state index >= 15 is 0 Å². The third kappa shape index (κ3) is 3.95. The van der Waals surface area contributed by atoms with Gasteiger partial charge in [-0.2, -0.15) is 9.61 Å². The van der Waals surface area contributed by atoms with Crippen LogP contribution in [0.15, 0.2) is 79.1 Å². The first kappa shape index (κ1) is 20.9. The van der Waals surface area contributed by atoms with E-state index in [0.717, 1.165) is 11.1 Å². The molecule has 0 saturated heterocycles. The molecule has 0 atom stereocenters. The number of amides is 1. The van der Waals surface area contributed by atoms with Gasteiger partial charge in [0.15, 0.2) is 11.5 Å². The highest BCUT2D eigenvalue weighted by Crippen LogP contribution is 2.24. The number of benzene rings is 2. The Labute approximate surface area is 193 Å². The molecule has 5 rings (SSSR count). The summed E-state index contributed by atoms with van der Waals surface area (Å²) in [6.07, 6.45) is 3.39. The summed E-state index contributed by atoms with van der Waals surface area (Å²) in [5, 5.41) is 27.0. The summed E-state index contributed by atoms with van der Waals surface area (Å²) in [7, 11) is 0. The Hall–Kier alpha value is -4.99. The van der Waals surface area contributed by atoms with E-state index in [1.807, 2.05) is 36.4 Å². The maximum Gasteiger partial charge on any atom is 0.273 e. The quantitative estimate of drug-likeness (QED) is 0.311. The van der Waals surface area contributed by atoms with Crippen LogP contribution in [0.5, 0.6) is 0 Å². The molecule has 2 aromatic carbocycles. The molecule has 0 saturated carbocycles. The van der Waals surface area contributed by atoms with Crippen LogP contribution < -0.4 is 5.32 Å². The summed E-state index contributed by atoms with van der Waals surface area (Å²) in [6, 6.07) is 18.9. The van der Waals surface area contributed by atoms with E-state index in [-0.39, 0.29) is 11.3 Å². The highest BCUT2D eigenvalue weighted by molar-refractivity contribution is 6.04. The van der Waals surface area contributed by atoms with Crippen LogP contribution in [0, 0.1) is 17.0 Å². The van der Waals surface area contributed by atoms with Crippen LogP contribution in [0.4, 0.5) is 11.4 Å². The number of hydrogen-bond acceptors (Lipinski definition) is 7. The monoisotopic (exact) mass is 451 g/mol. The number of nitrogens with one attached hydrogen (secondary N) is 1. The second-order valence-corrected chi connectivity index (χ2v) is 7.54. The number of carbonyl (C=O) groups excluding carboxylic acids is 1. The largest absolute Gasteiger partial charge is 0.322 e. The van der Waals surface area contributed by atoms with E-state index in [0.29, 0.717) is 28.4 Å². The number of fused-ring (bicyclic) bond motifs is 1. The number of rotatable bonds is 5. The minimum atomic E-state index is -0.500. The average molecular weight is 451 g/mol. The summed E-state index contributed by atoms with van der Waals surface area (Å²) in [5.41, 5.74) is 4.11. The first-order valence-electron chi connectivity index (χ1n) is 10.3. The number of nitrogens with zero attached hydrogens (tertiary/aromatic N) is 6. The van der Waals surface area contributed by atoms with Gasteiger partial charge in [-0.05, 0) is 49.4 Å². The van der Waals surface area contributed by atoms with Crippen LogP contribution in [0.1, 0.15) is 15.9 Å². The minimum absolute atomic E-state index is 0.0934. The number of hydrogen-bond donors (Lipinski definition) is 1. The van der Waals surface area contributed by atoms with E-state index in [9.17, 15) is 14.9 Å². The molecular formula is C24H17N7O3. The number of aryl methyl sites for hydroxylation is 1. The molecule has 166 valence electrons. The molecule has 3 heterocycles. The van der Waals surface area contributed by atoms with Gasteiger partial charge in [-0.3, -0.25) is 19.9 Å². The third-order valence-electron chi connectivity index (χ3n) is 5.29. The lowest BCUT2D eigenvalue weighted by Gasteiger charge is -2.08. The second-order valence-electron chi connectivity index (χ2n) is 7.54. The Morgan fingerprint density at radius 2 is 1.82 bits per heavy atom. The molecule has 5 aromatic rings. The predicted molar refractivity (Wildman–Crippen MR) is 125 cm³/mol. The number of pyridine rings is 1. The fourth-order valence-corrected chi connectivity index (χ4v) is 3.49. The van der Waals surface area contributed by atoms with E-state index < -0.39 is 10.8 Å². The summed E-state index contributed by atoms with van der Waals surface area (Å²) >= 11 is 0. The lowest BCUT2D eigenvalue weighted by Crippen LogP contribution is -2.12. The van der Waals surface area contributed by atoms with Gasteiger partial charge in [-0.25, -0.2) is 0 Å². The maximum absolute atomic E-state index is 12.6. The van der Waals surface area contributed by atoms with Gasteiger partial charge in [0, 0.05) is 46.4 Å². The smallest absolute Gasteiger partial charge is 0.273 e. The van der Waals surface area contributed by atoms with Crippen molar-refractivity contribution in [2.24, 2.45) is 0 Å². The first-order chi connectivity index (χ1) is 16.5. The standard InChI is InChI=1S/C24H17N7O3/c1-15-4-5-17(13-21(15)31(33)34)24(32)26-19-8-6-16(7-9-19)20-10-11-22-27-28-23(30(22)29-20)18-3-2-12-25-14-18/h2-14H,1H3,(H,26,32). The van der Waals surface area contributed by atoms with Gasteiger partial charge in [0.05, 0.1) is 10.6 Å². The fourth-order valence-electron chi connectivity index (χ4n) is 3.49. The van der Waals surface area contributed by atoms with Crippen molar-refractivity contribution in [2.45, 2.75) is 6.92 Å². The number of nitro benzene ring substituents is 1. The first-order valence-corrected chi connectivity index (χ1v) is 10.3. The van der Waals surface area contributed by atoms with Gasteiger partial charge in [0.2, 0.25) is 0 Å². The molecule has 0 radical (unpaired) electrons. The van der Waals surface area contributed by atoms with E-state index in [4.69, 9.17) is 0 Å². The Balaban J connectivity index is 1.39. The van der Waals surface area contributed by atoms with Crippen molar-refractivity contribution in [3.63, 3.8) is 0 Å². The summed E-state index contributed by atoms with van der Waals surface area (Å²) in [5.74, 6) is 0.155. The molecule has 34 heavy (non-hydrogen) atoms. The SMILES string of the molecule is Cc1ccc(C(=O)Nc2ccc(-c3ccc4nnc(-c5cccnc5)n4n3)cc2)cc1[N+](=O)[O-]. The van der Waals surface area contributed by atoms with E-state index in [2.05, 4.69) is 25.6 Å². The second kappa shape index (κ2) is 8.51. The third-order valence-corrected chi connectivity index (χ3v) is 5.29. The molecule has 0 aliphatic heterocycles. The van der Waals surface area contributed by atoms with Crippen LogP contribution in [-0.2, 0) is 0 Å². The van der Waals surface area contributed by atoms with Gasteiger partial charge < -0.3 is 5.32 Å². The molecule has 0 unspecified atom stereocenters. The van der Waals surface area contributed by atoms with Gasteiger partial charge in [-0.1, -0.05) is 18.2 Å². The van der Waals surface area contributed by atoms with E-state index in [1.165, 1.54) is 6.07 Å². The minimum Gasteiger partial charge on any atom is -0.322 e. The molecular weight excluding hydrogens is 434 g/mol. The van der Waals surface area contributed by atoms with Crippen molar-refractivity contribution >= 4 is 22.9 Å². The topological polar surface area (TPSA) is 128 Å². The number of aromatic nitrogens is 5. The van der Waals surface area contributed by atoms with Crippen molar-refractivity contribution in [1.82, 2.24) is 24.8 Å². The van der Waals surface area contributed by atoms with Crippen LogP contribution >= 0.6 is 0 Å². The normalized spacial score (nSPS) is 10.9. The van der Waals surface area contributed by atoms with Gasteiger partial charge >= 0.3 is 0 Å². The van der Waals surface area contributed by atoms with Gasteiger partial charge in [0.25, 0.3) is 11.6 Å². The van der Waals surface area contributed by atoms with Crippen LogP contribution in [0.25, 0.3) is 28.3 Å². The van der Waals surface area contributed by atoms with Crippen molar-refractivity contribution in [1.29, 1.82) is 0 Å². The van der Waals surface area contributed by atoms with Gasteiger partial charge in [-0.15, -0.1) is 10.2 Å². The summed E-state index contributed by atoms with van der Waals surface area (Å²) < 4.78 is 1.66. The van der Waals surface area contributed by atoms with Crippen molar-refractivity contribution in [2.75, 3.05) is 5.32 Å². The number of nitro groups is 1.